The van der Waals surface area contributed by atoms with Gasteiger partial charge in [-0.05, 0) is 27.7 Å². The summed E-state index contributed by atoms with van der Waals surface area (Å²) in [4.78, 5) is 17.5. The molecule has 0 fully saturated rings. The van der Waals surface area contributed by atoms with Crippen LogP contribution in [0.4, 0.5) is 0 Å². The molecule has 0 aliphatic heterocycles. The van der Waals surface area contributed by atoms with Gasteiger partial charge >= 0.3 is 0 Å². The number of aliphatic imine (C=N–C) groups is 1. The van der Waals surface area contributed by atoms with E-state index in [1.54, 1.807) is 11.8 Å². The molecule has 0 saturated carbocycles. The van der Waals surface area contributed by atoms with Gasteiger partial charge in [0.25, 0.3) is 0 Å². The highest BCUT2D eigenvalue weighted by Crippen LogP contribution is 1.94. The van der Waals surface area contributed by atoms with Crippen LogP contribution < -0.4 is 11.1 Å². The van der Waals surface area contributed by atoms with Gasteiger partial charge in [-0.15, -0.1) is 0 Å². The molecule has 0 radical (unpaired) electrons. The molecule has 0 rings (SSSR count). The largest absolute Gasteiger partial charge is 0.370 e. The van der Waals surface area contributed by atoms with Gasteiger partial charge in [-0.3, -0.25) is 9.79 Å². The van der Waals surface area contributed by atoms with E-state index in [4.69, 9.17) is 5.73 Å². The number of rotatable bonds is 5. The quantitative estimate of drug-likeness (QED) is 0.506. The summed E-state index contributed by atoms with van der Waals surface area (Å²) in [6, 6.07) is -0.319. The maximum absolute atomic E-state index is 11.8. The van der Waals surface area contributed by atoms with Gasteiger partial charge in [0.05, 0.1) is 0 Å². The van der Waals surface area contributed by atoms with Crippen LogP contribution >= 0.6 is 0 Å². The van der Waals surface area contributed by atoms with Crippen molar-refractivity contribution in [2.24, 2.45) is 10.7 Å². The predicted molar refractivity (Wildman–Crippen MR) is 62.7 cm³/mol. The summed E-state index contributed by atoms with van der Waals surface area (Å²) in [6.45, 7) is 9.64. The van der Waals surface area contributed by atoms with Gasteiger partial charge in [-0.1, -0.05) is 0 Å². The van der Waals surface area contributed by atoms with Gasteiger partial charge in [0.15, 0.2) is 5.96 Å². The minimum Gasteiger partial charge on any atom is -0.370 e. The number of nitrogens with one attached hydrogen (secondary N) is 1. The molecule has 1 unspecified atom stereocenters. The van der Waals surface area contributed by atoms with E-state index < -0.39 is 0 Å². The topological polar surface area (TPSA) is 70.7 Å². The minimum absolute atomic E-state index is 0.0502. The van der Waals surface area contributed by atoms with Gasteiger partial charge < -0.3 is 16.0 Å². The van der Waals surface area contributed by atoms with Crippen LogP contribution in [0.2, 0.25) is 0 Å². The first-order valence-electron chi connectivity index (χ1n) is 5.41. The molecule has 15 heavy (non-hydrogen) atoms. The van der Waals surface area contributed by atoms with Crippen molar-refractivity contribution in [3.05, 3.63) is 0 Å². The lowest BCUT2D eigenvalue weighted by Crippen LogP contribution is -2.49. The molecule has 0 aromatic carbocycles. The molecule has 5 nitrogen and oxygen atoms in total. The zero-order valence-corrected chi connectivity index (χ0v) is 10.1. The zero-order chi connectivity index (χ0) is 11.8. The van der Waals surface area contributed by atoms with Gasteiger partial charge in [0.2, 0.25) is 5.91 Å². The molecule has 1 atom stereocenters. The van der Waals surface area contributed by atoms with Gasteiger partial charge in [0, 0.05) is 19.6 Å². The Bertz CT molecular complexity index is 223. The highest BCUT2D eigenvalue weighted by atomic mass is 16.2. The molecule has 0 aromatic heterocycles. The fourth-order valence-electron chi connectivity index (χ4n) is 1.31. The average molecular weight is 214 g/mol. The lowest BCUT2D eigenvalue weighted by molar-refractivity contribution is -0.132. The van der Waals surface area contributed by atoms with Crippen LogP contribution in [-0.4, -0.2) is 42.4 Å². The molecule has 88 valence electrons. The number of carbonyl (C=O) groups excluding carboxylic acids is 1. The maximum atomic E-state index is 11.8. The summed E-state index contributed by atoms with van der Waals surface area (Å²) in [5.41, 5.74) is 5.57. The summed E-state index contributed by atoms with van der Waals surface area (Å²) in [5, 5.41) is 2.87. The van der Waals surface area contributed by atoms with E-state index in [1.165, 1.54) is 0 Å². The fourth-order valence-corrected chi connectivity index (χ4v) is 1.31. The normalized spacial score (nSPS) is 13.5. The second-order valence-corrected chi connectivity index (χ2v) is 3.24. The van der Waals surface area contributed by atoms with E-state index in [9.17, 15) is 4.79 Å². The molecular formula is C10H22N4O. The van der Waals surface area contributed by atoms with Crippen LogP contribution in [0.5, 0.6) is 0 Å². The smallest absolute Gasteiger partial charge is 0.244 e. The second-order valence-electron chi connectivity index (χ2n) is 3.24. The molecule has 0 spiro atoms. The molecule has 0 aliphatic carbocycles. The SMILES string of the molecule is CCN=C(N)NC(C)C(=O)N(CC)CC. The van der Waals surface area contributed by atoms with Gasteiger partial charge in [-0.2, -0.15) is 0 Å². The Morgan fingerprint density at radius 1 is 1.40 bits per heavy atom. The van der Waals surface area contributed by atoms with Crippen LogP contribution in [0, 0.1) is 0 Å². The third kappa shape index (κ3) is 4.67. The highest BCUT2D eigenvalue weighted by Gasteiger charge is 2.17. The number of amides is 1. The molecule has 5 heteroatoms. The third-order valence-corrected chi connectivity index (χ3v) is 2.14. The summed E-state index contributed by atoms with van der Waals surface area (Å²) >= 11 is 0. The van der Waals surface area contributed by atoms with E-state index in [0.717, 1.165) is 0 Å². The average Bonchev–Trinajstić information content (AvgIpc) is 2.19. The Morgan fingerprint density at radius 2 is 1.93 bits per heavy atom. The van der Waals surface area contributed by atoms with Crippen molar-refractivity contribution in [1.29, 1.82) is 0 Å². The van der Waals surface area contributed by atoms with Gasteiger partial charge in [0.1, 0.15) is 6.04 Å². The number of carbonyl (C=O) groups is 1. The fraction of sp³-hybridized carbons (Fsp3) is 0.800. The van der Waals surface area contributed by atoms with Crippen molar-refractivity contribution in [3.8, 4) is 0 Å². The molecule has 0 aromatic rings. The number of hydrogen-bond donors (Lipinski definition) is 2. The lowest BCUT2D eigenvalue weighted by atomic mass is 10.3. The molecular weight excluding hydrogens is 192 g/mol. The number of hydrogen-bond acceptors (Lipinski definition) is 2. The molecule has 1 amide bonds. The Balaban J connectivity index is 4.26. The van der Waals surface area contributed by atoms with E-state index in [2.05, 4.69) is 10.3 Å². The maximum Gasteiger partial charge on any atom is 0.244 e. The molecule has 0 bridgehead atoms. The summed E-state index contributed by atoms with van der Waals surface area (Å²) < 4.78 is 0. The number of nitrogens with zero attached hydrogens (tertiary/aromatic N) is 2. The summed E-state index contributed by atoms with van der Waals surface area (Å²) in [7, 11) is 0. The Kier molecular flexibility index (Phi) is 6.49. The van der Waals surface area contributed by atoms with E-state index in [0.29, 0.717) is 25.6 Å². The van der Waals surface area contributed by atoms with Crippen LogP contribution in [0.3, 0.4) is 0 Å². The van der Waals surface area contributed by atoms with Crippen molar-refractivity contribution in [2.45, 2.75) is 33.7 Å². The van der Waals surface area contributed by atoms with E-state index in [1.807, 2.05) is 20.8 Å². The summed E-state index contributed by atoms with van der Waals surface area (Å²) in [5.74, 6) is 0.375. The van der Waals surface area contributed by atoms with Crippen LogP contribution in [0.15, 0.2) is 4.99 Å². The highest BCUT2D eigenvalue weighted by molar-refractivity contribution is 5.87. The number of nitrogens with two attached hydrogens (primary N) is 1. The lowest BCUT2D eigenvalue weighted by Gasteiger charge is -2.23. The first-order valence-corrected chi connectivity index (χ1v) is 5.41. The van der Waals surface area contributed by atoms with Crippen LogP contribution in [0.25, 0.3) is 0 Å². The molecule has 0 saturated heterocycles. The first kappa shape index (κ1) is 13.7. The Labute approximate surface area is 91.7 Å². The summed E-state index contributed by atoms with van der Waals surface area (Å²) in [6.07, 6.45) is 0. The molecule has 0 heterocycles. The monoisotopic (exact) mass is 214 g/mol. The van der Waals surface area contributed by atoms with E-state index >= 15 is 0 Å². The second kappa shape index (κ2) is 7.09. The number of guanidine groups is 1. The zero-order valence-electron chi connectivity index (χ0n) is 10.1. The van der Waals surface area contributed by atoms with Crippen molar-refractivity contribution >= 4 is 11.9 Å². The standard InChI is InChI=1S/C10H22N4O/c1-5-12-10(11)13-8(4)9(15)14(6-2)7-3/h8H,5-7H2,1-4H3,(H3,11,12,13). The van der Waals surface area contributed by atoms with E-state index in [-0.39, 0.29) is 11.9 Å². The predicted octanol–water partition coefficient (Wildman–Crippen LogP) is 0.168. The van der Waals surface area contributed by atoms with Crippen molar-refractivity contribution in [1.82, 2.24) is 10.2 Å². The van der Waals surface area contributed by atoms with Crippen molar-refractivity contribution in [2.75, 3.05) is 19.6 Å². The third-order valence-electron chi connectivity index (χ3n) is 2.14. The van der Waals surface area contributed by atoms with Crippen molar-refractivity contribution < 1.29 is 4.79 Å². The molecule has 0 aliphatic rings. The number of likely N-dealkylation sites (N-methyl/N-ethyl adjacent to an activating group) is 1. The van der Waals surface area contributed by atoms with Gasteiger partial charge in [-0.25, -0.2) is 0 Å². The van der Waals surface area contributed by atoms with Crippen LogP contribution in [0.1, 0.15) is 27.7 Å². The Hall–Kier alpha value is -1.26. The van der Waals surface area contributed by atoms with Crippen molar-refractivity contribution in [3.63, 3.8) is 0 Å². The molecule has 3 N–H and O–H groups in total. The first-order chi connectivity index (χ1) is 7.06. The Morgan fingerprint density at radius 3 is 2.33 bits per heavy atom. The minimum atomic E-state index is -0.319. The van der Waals surface area contributed by atoms with Crippen LogP contribution in [-0.2, 0) is 4.79 Å².